The molecule has 1 heterocycles. The summed E-state index contributed by atoms with van der Waals surface area (Å²) in [4.78, 5) is 2.14. The number of nitrogens with one attached hydrogen (secondary N) is 1. The Kier molecular flexibility index (Phi) is 5.60. The predicted octanol–water partition coefficient (Wildman–Crippen LogP) is 2.70. The van der Waals surface area contributed by atoms with Crippen LogP contribution in [0.15, 0.2) is 0 Å². The monoisotopic (exact) mass is 270 g/mol. The lowest BCUT2D eigenvalue weighted by molar-refractivity contribution is -0.0329. The average Bonchev–Trinajstić information content (AvgIpc) is 2.27. The van der Waals surface area contributed by atoms with Gasteiger partial charge in [0.2, 0.25) is 0 Å². The largest absolute Gasteiger partial charge is 0.441 e. The molecule has 0 aliphatic carbocycles. The van der Waals surface area contributed by atoms with E-state index in [-0.39, 0.29) is 23.1 Å². The molecule has 102 valence electrons. The van der Waals surface area contributed by atoms with Crippen LogP contribution in [0.2, 0.25) is 0 Å². The van der Waals surface area contributed by atoms with Gasteiger partial charge in [-0.25, -0.2) is 0 Å². The summed E-state index contributed by atoms with van der Waals surface area (Å²) in [5.74, 6) is 0.132. The number of hydrogen-bond acceptors (Lipinski definition) is 3. The molecule has 2 nitrogen and oxygen atoms in total. The first kappa shape index (κ1) is 15.1. The Morgan fingerprint density at radius 3 is 2.47 bits per heavy atom. The van der Waals surface area contributed by atoms with Crippen molar-refractivity contribution < 1.29 is 13.2 Å². The van der Waals surface area contributed by atoms with Gasteiger partial charge in [-0.1, -0.05) is 13.8 Å². The molecule has 0 spiro atoms. The van der Waals surface area contributed by atoms with Gasteiger partial charge in [0, 0.05) is 37.5 Å². The van der Waals surface area contributed by atoms with Crippen molar-refractivity contribution in [1.29, 1.82) is 0 Å². The molecular weight excluding hydrogens is 249 g/mol. The van der Waals surface area contributed by atoms with Crippen molar-refractivity contribution >= 4 is 11.8 Å². The normalized spacial score (nSPS) is 21.7. The van der Waals surface area contributed by atoms with E-state index in [1.807, 2.05) is 0 Å². The predicted molar refractivity (Wildman–Crippen MR) is 66.3 cm³/mol. The Labute approximate surface area is 105 Å². The van der Waals surface area contributed by atoms with Crippen molar-refractivity contribution in [2.45, 2.75) is 37.7 Å². The number of rotatable bonds is 5. The first-order chi connectivity index (χ1) is 7.91. The molecule has 0 saturated carbocycles. The molecule has 0 aromatic carbocycles. The maximum Gasteiger partial charge on any atom is 0.441 e. The maximum atomic E-state index is 12.0. The van der Waals surface area contributed by atoms with E-state index in [1.54, 1.807) is 0 Å². The van der Waals surface area contributed by atoms with Crippen LogP contribution in [0.3, 0.4) is 0 Å². The molecule has 1 rings (SSSR count). The van der Waals surface area contributed by atoms with Crippen molar-refractivity contribution in [2.24, 2.45) is 0 Å². The molecule has 0 aromatic heterocycles. The second-order valence-electron chi connectivity index (χ2n) is 4.48. The zero-order valence-electron chi connectivity index (χ0n) is 10.4. The minimum atomic E-state index is -4.10. The van der Waals surface area contributed by atoms with Crippen molar-refractivity contribution in [1.82, 2.24) is 10.2 Å². The van der Waals surface area contributed by atoms with Crippen LogP contribution in [-0.4, -0.2) is 47.9 Å². The fourth-order valence-corrected chi connectivity index (χ4v) is 2.83. The Morgan fingerprint density at radius 1 is 1.29 bits per heavy atom. The van der Waals surface area contributed by atoms with Crippen LogP contribution in [0.4, 0.5) is 13.2 Å². The summed E-state index contributed by atoms with van der Waals surface area (Å²) < 4.78 is 36.1. The maximum absolute atomic E-state index is 12.0. The zero-order valence-corrected chi connectivity index (χ0v) is 11.3. The fourth-order valence-electron chi connectivity index (χ4n) is 2.25. The number of nitrogens with zero attached hydrogens (tertiary/aromatic N) is 1. The van der Waals surface area contributed by atoms with E-state index >= 15 is 0 Å². The van der Waals surface area contributed by atoms with Crippen molar-refractivity contribution in [3.8, 4) is 0 Å². The van der Waals surface area contributed by atoms with Crippen LogP contribution in [0.5, 0.6) is 0 Å². The quantitative estimate of drug-likeness (QED) is 0.827. The van der Waals surface area contributed by atoms with Gasteiger partial charge < -0.3 is 5.32 Å². The van der Waals surface area contributed by atoms with Gasteiger partial charge in [0.15, 0.2) is 0 Å². The van der Waals surface area contributed by atoms with E-state index < -0.39 is 5.51 Å². The highest BCUT2D eigenvalue weighted by Gasteiger charge is 2.32. The summed E-state index contributed by atoms with van der Waals surface area (Å²) in [5.41, 5.74) is -4.00. The third kappa shape index (κ3) is 5.06. The summed E-state index contributed by atoms with van der Waals surface area (Å²) in [6.45, 7) is 7.36. The molecule has 1 N–H and O–H groups in total. The highest BCUT2D eigenvalue weighted by atomic mass is 32.2. The van der Waals surface area contributed by atoms with E-state index in [4.69, 9.17) is 0 Å². The number of thioether (sulfide) groups is 1. The van der Waals surface area contributed by atoms with Crippen molar-refractivity contribution in [3.05, 3.63) is 0 Å². The first-order valence-electron chi connectivity index (χ1n) is 6.09. The number of piperazine rings is 1. The van der Waals surface area contributed by atoms with Crippen LogP contribution >= 0.6 is 11.8 Å². The van der Waals surface area contributed by atoms with Gasteiger partial charge in [-0.2, -0.15) is 13.2 Å². The molecule has 1 fully saturated rings. The highest BCUT2D eigenvalue weighted by Crippen LogP contribution is 2.30. The molecule has 0 bridgehead atoms. The molecule has 1 aliphatic heterocycles. The van der Waals surface area contributed by atoms with Gasteiger partial charge in [-0.05, 0) is 24.6 Å². The summed E-state index contributed by atoms with van der Waals surface area (Å²) >= 11 is 0.0805. The Morgan fingerprint density at radius 2 is 1.94 bits per heavy atom. The second-order valence-corrected chi connectivity index (χ2v) is 5.64. The van der Waals surface area contributed by atoms with E-state index in [0.717, 1.165) is 32.5 Å². The summed E-state index contributed by atoms with van der Waals surface area (Å²) in [5, 5.41) is 3.50. The molecule has 6 heteroatoms. The fraction of sp³-hybridized carbons (Fsp3) is 1.00. The Bertz CT molecular complexity index is 229. The highest BCUT2D eigenvalue weighted by molar-refractivity contribution is 8.00. The molecule has 0 aromatic rings. The van der Waals surface area contributed by atoms with Gasteiger partial charge in [0.25, 0.3) is 0 Å². The Balaban J connectivity index is 2.35. The van der Waals surface area contributed by atoms with Crippen LogP contribution in [0.25, 0.3) is 0 Å². The third-order valence-corrected chi connectivity index (χ3v) is 4.20. The minimum absolute atomic E-state index is 0.0805. The van der Waals surface area contributed by atoms with Gasteiger partial charge in [-0.3, -0.25) is 4.90 Å². The number of halogens is 3. The molecule has 0 radical (unpaired) electrons. The van der Waals surface area contributed by atoms with E-state index in [1.165, 1.54) is 0 Å². The molecule has 17 heavy (non-hydrogen) atoms. The average molecular weight is 270 g/mol. The van der Waals surface area contributed by atoms with Gasteiger partial charge in [-0.15, -0.1) is 0 Å². The number of hydrogen-bond donors (Lipinski definition) is 1. The van der Waals surface area contributed by atoms with Crippen LogP contribution in [-0.2, 0) is 0 Å². The van der Waals surface area contributed by atoms with Gasteiger partial charge in [0.05, 0.1) is 0 Å². The second kappa shape index (κ2) is 6.29. The lowest BCUT2D eigenvalue weighted by atomic mass is 9.90. The molecule has 0 unspecified atom stereocenters. The minimum Gasteiger partial charge on any atom is -0.309 e. The SMILES string of the molecule is CCC1(CC)CN(CCSC(F)(F)F)CCN1. The lowest BCUT2D eigenvalue weighted by Crippen LogP contribution is -2.60. The van der Waals surface area contributed by atoms with E-state index in [0.29, 0.717) is 6.54 Å². The van der Waals surface area contributed by atoms with Crippen LogP contribution in [0.1, 0.15) is 26.7 Å². The summed E-state index contributed by atoms with van der Waals surface area (Å²) in [6.07, 6.45) is 2.04. The lowest BCUT2D eigenvalue weighted by Gasteiger charge is -2.43. The van der Waals surface area contributed by atoms with E-state index in [2.05, 4.69) is 24.1 Å². The standard InChI is InChI=1S/C11H21F3N2S/c1-3-10(4-2)9-16(6-5-15-10)7-8-17-11(12,13)14/h15H,3-9H2,1-2H3. The van der Waals surface area contributed by atoms with Crippen molar-refractivity contribution in [3.63, 3.8) is 0 Å². The van der Waals surface area contributed by atoms with Crippen LogP contribution < -0.4 is 5.32 Å². The summed E-state index contributed by atoms with van der Waals surface area (Å²) in [6, 6.07) is 0. The van der Waals surface area contributed by atoms with Gasteiger partial charge in [0.1, 0.15) is 0 Å². The number of alkyl halides is 3. The van der Waals surface area contributed by atoms with Crippen LogP contribution in [0, 0.1) is 0 Å². The topological polar surface area (TPSA) is 15.3 Å². The first-order valence-corrected chi connectivity index (χ1v) is 7.07. The zero-order chi connectivity index (χ0) is 12.9. The third-order valence-electron chi connectivity index (χ3n) is 3.48. The van der Waals surface area contributed by atoms with Gasteiger partial charge >= 0.3 is 5.51 Å². The molecule has 1 aliphatic rings. The van der Waals surface area contributed by atoms with Crippen molar-refractivity contribution in [2.75, 3.05) is 31.9 Å². The molecular formula is C11H21F3N2S. The smallest absolute Gasteiger partial charge is 0.309 e. The van der Waals surface area contributed by atoms with E-state index in [9.17, 15) is 13.2 Å². The Hall–Kier alpha value is 0.0600. The molecule has 0 atom stereocenters. The molecule has 0 amide bonds. The summed E-state index contributed by atoms with van der Waals surface area (Å²) in [7, 11) is 0. The molecule has 1 saturated heterocycles.